The van der Waals surface area contributed by atoms with Gasteiger partial charge in [0.1, 0.15) is 22.7 Å². The maximum atomic E-state index is 12.9. The van der Waals surface area contributed by atoms with E-state index < -0.39 is 17.7 Å². The van der Waals surface area contributed by atoms with Gasteiger partial charge >= 0.3 is 12.1 Å². The molecule has 1 heterocycles. The fraction of sp³-hybridized carbons (Fsp3) is 0.118. The van der Waals surface area contributed by atoms with Crippen LogP contribution >= 0.6 is 0 Å². The van der Waals surface area contributed by atoms with E-state index in [1.807, 2.05) is 0 Å². The summed E-state index contributed by atoms with van der Waals surface area (Å²) in [6.45, 7) is 0. The van der Waals surface area contributed by atoms with Gasteiger partial charge in [-0.05, 0) is 30.3 Å². The van der Waals surface area contributed by atoms with Crippen LogP contribution in [0.4, 0.5) is 13.2 Å². The monoisotopic (exact) mass is 336 g/mol. The minimum atomic E-state index is -4.53. The molecule has 0 fully saturated rings. The molecular weight excluding hydrogens is 325 g/mol. The molecule has 3 aromatic rings. The lowest BCUT2D eigenvalue weighted by Gasteiger charge is -2.07. The van der Waals surface area contributed by atoms with Gasteiger partial charge in [0, 0.05) is 10.9 Å². The van der Waals surface area contributed by atoms with E-state index >= 15 is 0 Å². The van der Waals surface area contributed by atoms with E-state index in [0.29, 0.717) is 5.75 Å². The van der Waals surface area contributed by atoms with Crippen molar-refractivity contribution in [3.63, 3.8) is 0 Å². The minimum Gasteiger partial charge on any atom is -0.497 e. The van der Waals surface area contributed by atoms with Gasteiger partial charge in [-0.3, -0.25) is 0 Å². The molecular formula is C17H11F3O4. The molecule has 0 spiro atoms. The lowest BCUT2D eigenvalue weighted by atomic mass is 10.0. The number of methoxy groups -OCH3 is 1. The number of ether oxygens (including phenoxy) is 1. The number of benzene rings is 2. The molecule has 1 N–H and O–H groups in total. The van der Waals surface area contributed by atoms with Crippen molar-refractivity contribution in [3.8, 4) is 17.1 Å². The van der Waals surface area contributed by atoms with Crippen molar-refractivity contribution >= 4 is 16.9 Å². The fourth-order valence-electron chi connectivity index (χ4n) is 2.46. The summed E-state index contributed by atoms with van der Waals surface area (Å²) in [7, 11) is 1.43. The molecule has 7 heteroatoms. The van der Waals surface area contributed by atoms with Gasteiger partial charge in [0.05, 0.1) is 12.7 Å². The third-order valence-electron chi connectivity index (χ3n) is 3.56. The second-order valence-electron chi connectivity index (χ2n) is 5.05. The highest BCUT2D eigenvalue weighted by molar-refractivity contribution is 6.08. The van der Waals surface area contributed by atoms with Gasteiger partial charge in [-0.1, -0.05) is 12.1 Å². The first-order valence-electron chi connectivity index (χ1n) is 6.82. The number of aromatic carboxylic acids is 1. The molecule has 0 saturated heterocycles. The number of carboxylic acids is 1. The summed E-state index contributed by atoms with van der Waals surface area (Å²) < 4.78 is 49.2. The van der Waals surface area contributed by atoms with E-state index in [0.717, 1.165) is 12.1 Å². The Labute approximate surface area is 134 Å². The highest BCUT2D eigenvalue weighted by Gasteiger charge is 2.31. The number of rotatable bonds is 3. The zero-order chi connectivity index (χ0) is 17.5. The number of hydrogen-bond acceptors (Lipinski definition) is 3. The Balaban J connectivity index is 2.26. The molecule has 0 unspecified atom stereocenters. The third-order valence-corrected chi connectivity index (χ3v) is 3.56. The van der Waals surface area contributed by atoms with Crippen LogP contribution in [0.25, 0.3) is 22.3 Å². The molecule has 0 amide bonds. The third kappa shape index (κ3) is 2.68. The van der Waals surface area contributed by atoms with Crippen LogP contribution in [-0.4, -0.2) is 18.2 Å². The highest BCUT2D eigenvalue weighted by Crippen LogP contribution is 2.38. The molecule has 0 atom stereocenters. The molecule has 124 valence electrons. The quantitative estimate of drug-likeness (QED) is 0.744. The Hall–Kier alpha value is -2.96. The molecule has 3 rings (SSSR count). The van der Waals surface area contributed by atoms with Crippen LogP contribution in [-0.2, 0) is 6.18 Å². The maximum Gasteiger partial charge on any atom is 0.416 e. The average Bonchev–Trinajstić information content (AvgIpc) is 2.92. The fourth-order valence-corrected chi connectivity index (χ4v) is 2.46. The number of halogens is 3. The molecule has 0 bridgehead atoms. The summed E-state index contributed by atoms with van der Waals surface area (Å²) in [6.07, 6.45) is -4.53. The first kappa shape index (κ1) is 15.9. The molecule has 1 aromatic heterocycles. The second kappa shape index (κ2) is 5.59. The lowest BCUT2D eigenvalue weighted by molar-refractivity contribution is -0.137. The Kier molecular flexibility index (Phi) is 3.71. The smallest absolute Gasteiger partial charge is 0.416 e. The van der Waals surface area contributed by atoms with E-state index in [1.54, 1.807) is 6.07 Å². The summed E-state index contributed by atoms with van der Waals surface area (Å²) in [6, 6.07) is 8.91. The van der Waals surface area contributed by atoms with Crippen LogP contribution in [0, 0.1) is 0 Å². The van der Waals surface area contributed by atoms with Crippen LogP contribution in [0.2, 0.25) is 0 Å². The molecule has 2 aromatic carbocycles. The lowest BCUT2D eigenvalue weighted by Crippen LogP contribution is -2.05. The van der Waals surface area contributed by atoms with Gasteiger partial charge in [-0.25, -0.2) is 4.79 Å². The van der Waals surface area contributed by atoms with Crippen molar-refractivity contribution in [1.29, 1.82) is 0 Å². The van der Waals surface area contributed by atoms with Crippen LogP contribution in [0.15, 0.2) is 46.9 Å². The Bertz CT molecular complexity index is 925. The molecule has 0 aliphatic carbocycles. The number of furan rings is 1. The molecule has 4 nitrogen and oxygen atoms in total. The number of carbonyl (C=O) groups is 1. The van der Waals surface area contributed by atoms with Gasteiger partial charge in [0.15, 0.2) is 0 Å². The van der Waals surface area contributed by atoms with E-state index in [9.17, 15) is 23.1 Å². The first-order chi connectivity index (χ1) is 11.3. The molecule has 0 saturated carbocycles. The van der Waals surface area contributed by atoms with Crippen LogP contribution < -0.4 is 4.74 Å². The van der Waals surface area contributed by atoms with E-state index in [-0.39, 0.29) is 27.9 Å². The van der Waals surface area contributed by atoms with Crippen LogP contribution in [0.3, 0.4) is 0 Å². The van der Waals surface area contributed by atoms with Crippen molar-refractivity contribution in [1.82, 2.24) is 0 Å². The molecule has 0 aliphatic heterocycles. The van der Waals surface area contributed by atoms with Gasteiger partial charge in [0.25, 0.3) is 0 Å². The van der Waals surface area contributed by atoms with Crippen LogP contribution in [0.5, 0.6) is 5.75 Å². The molecule has 0 aliphatic rings. The molecule has 24 heavy (non-hydrogen) atoms. The largest absolute Gasteiger partial charge is 0.497 e. The topological polar surface area (TPSA) is 59.7 Å². The van der Waals surface area contributed by atoms with Gasteiger partial charge < -0.3 is 14.3 Å². The summed E-state index contributed by atoms with van der Waals surface area (Å²) in [4.78, 5) is 11.6. The van der Waals surface area contributed by atoms with Gasteiger partial charge in [-0.15, -0.1) is 0 Å². The second-order valence-corrected chi connectivity index (χ2v) is 5.05. The SMILES string of the molecule is COc1ccc2oc(-c3cccc(C(F)(F)F)c3)c(C(=O)O)c2c1. The Morgan fingerprint density at radius 2 is 1.92 bits per heavy atom. The predicted octanol–water partition coefficient (Wildman–Crippen LogP) is 4.83. The minimum absolute atomic E-state index is 0.0393. The Morgan fingerprint density at radius 3 is 2.54 bits per heavy atom. The number of fused-ring (bicyclic) bond motifs is 1. The first-order valence-corrected chi connectivity index (χ1v) is 6.82. The summed E-state index contributed by atoms with van der Waals surface area (Å²) in [5.41, 5.74) is -0.796. The van der Waals surface area contributed by atoms with Crippen molar-refractivity contribution in [2.75, 3.05) is 7.11 Å². The van der Waals surface area contributed by atoms with E-state index in [1.165, 1.54) is 31.4 Å². The van der Waals surface area contributed by atoms with Crippen molar-refractivity contribution < 1.29 is 32.2 Å². The summed E-state index contributed by atoms with van der Waals surface area (Å²) in [5.74, 6) is -1.01. The van der Waals surface area contributed by atoms with Gasteiger partial charge in [-0.2, -0.15) is 13.2 Å². The zero-order valence-electron chi connectivity index (χ0n) is 12.3. The van der Waals surface area contributed by atoms with Crippen molar-refractivity contribution in [2.24, 2.45) is 0 Å². The summed E-state index contributed by atoms with van der Waals surface area (Å²) >= 11 is 0. The number of hydrogen-bond donors (Lipinski definition) is 1. The maximum absolute atomic E-state index is 12.9. The molecule has 0 radical (unpaired) electrons. The number of carboxylic acid groups (broad SMARTS) is 1. The van der Waals surface area contributed by atoms with Crippen molar-refractivity contribution in [2.45, 2.75) is 6.18 Å². The van der Waals surface area contributed by atoms with Crippen LogP contribution in [0.1, 0.15) is 15.9 Å². The standard InChI is InChI=1S/C17H11F3O4/c1-23-11-5-6-13-12(8-11)14(16(21)22)15(24-13)9-3-2-4-10(7-9)17(18,19)20/h2-8H,1H3,(H,21,22). The summed E-state index contributed by atoms with van der Waals surface area (Å²) in [5, 5.41) is 9.74. The normalized spacial score (nSPS) is 11.7. The van der Waals surface area contributed by atoms with E-state index in [2.05, 4.69) is 0 Å². The van der Waals surface area contributed by atoms with Crippen molar-refractivity contribution in [3.05, 3.63) is 53.6 Å². The Morgan fingerprint density at radius 1 is 1.17 bits per heavy atom. The average molecular weight is 336 g/mol. The zero-order valence-corrected chi connectivity index (χ0v) is 12.3. The van der Waals surface area contributed by atoms with Gasteiger partial charge in [0.2, 0.25) is 0 Å². The highest BCUT2D eigenvalue weighted by atomic mass is 19.4. The number of alkyl halides is 3. The van der Waals surface area contributed by atoms with E-state index in [4.69, 9.17) is 9.15 Å². The predicted molar refractivity (Wildman–Crippen MR) is 80.2 cm³/mol.